The summed E-state index contributed by atoms with van der Waals surface area (Å²) in [5.74, 6) is 2.10. The molecule has 0 bridgehead atoms. The Morgan fingerprint density at radius 3 is 2.94 bits per heavy atom. The molecule has 4 heterocycles. The summed E-state index contributed by atoms with van der Waals surface area (Å²) >= 11 is 6.16. The Balaban J connectivity index is 1.32. The Hall–Kier alpha value is -3.65. The van der Waals surface area contributed by atoms with E-state index in [0.717, 1.165) is 23.3 Å². The molecule has 1 atom stereocenters. The highest BCUT2D eigenvalue weighted by atomic mass is 35.5. The Labute approximate surface area is 194 Å². The minimum atomic E-state index is -0.584. The van der Waals surface area contributed by atoms with Gasteiger partial charge in [0.1, 0.15) is 29.2 Å². The number of ether oxygens (including phenoxy) is 2. The van der Waals surface area contributed by atoms with Crippen LogP contribution in [-0.2, 0) is 0 Å². The van der Waals surface area contributed by atoms with E-state index < -0.39 is 5.60 Å². The molecule has 2 aromatic carbocycles. The van der Waals surface area contributed by atoms with Gasteiger partial charge in [-0.2, -0.15) is 5.10 Å². The number of carbonyl (C=O) groups is 1. The van der Waals surface area contributed by atoms with Crippen molar-refractivity contribution in [1.29, 1.82) is 0 Å². The second-order valence-electron chi connectivity index (χ2n) is 8.39. The van der Waals surface area contributed by atoms with Crippen molar-refractivity contribution in [3.05, 3.63) is 65.6 Å². The van der Waals surface area contributed by atoms with Crippen molar-refractivity contribution in [3.63, 3.8) is 0 Å². The lowest BCUT2D eigenvalue weighted by Gasteiger charge is -2.34. The average molecular weight is 462 g/mol. The molecule has 0 amide bonds. The number of carbonyl (C=O) groups excluding carboxylic acids is 1. The van der Waals surface area contributed by atoms with E-state index in [1.807, 2.05) is 36.4 Å². The highest BCUT2D eigenvalue weighted by molar-refractivity contribution is 6.30. The van der Waals surface area contributed by atoms with Gasteiger partial charge in [0.05, 0.1) is 42.9 Å². The van der Waals surface area contributed by atoms with E-state index >= 15 is 0 Å². The summed E-state index contributed by atoms with van der Waals surface area (Å²) in [6, 6.07) is 12.8. The number of benzene rings is 2. The summed E-state index contributed by atoms with van der Waals surface area (Å²) in [7, 11) is 1.59. The number of rotatable bonds is 3. The second kappa shape index (κ2) is 7.45. The van der Waals surface area contributed by atoms with Crippen LogP contribution >= 0.6 is 11.6 Å². The number of aromatic nitrogens is 4. The number of methoxy groups -OCH3 is 1. The van der Waals surface area contributed by atoms with Crippen molar-refractivity contribution in [2.24, 2.45) is 0 Å². The van der Waals surface area contributed by atoms with E-state index in [4.69, 9.17) is 21.1 Å². The zero-order valence-corrected chi connectivity index (χ0v) is 18.6. The van der Waals surface area contributed by atoms with Crippen LogP contribution < -0.4 is 14.4 Å². The smallest absolute Gasteiger partial charge is 0.170 e. The number of halogens is 1. The molecule has 2 aromatic heterocycles. The number of hydrogen-bond donors (Lipinski definition) is 0. The molecule has 1 spiro atoms. The first kappa shape index (κ1) is 20.0. The monoisotopic (exact) mass is 461 g/mol. The normalized spacial score (nSPS) is 19.7. The minimum absolute atomic E-state index is 0.0682. The average Bonchev–Trinajstić information content (AvgIpc) is 3.43. The predicted molar refractivity (Wildman–Crippen MR) is 124 cm³/mol. The lowest BCUT2D eigenvalue weighted by atomic mass is 9.89. The van der Waals surface area contributed by atoms with Crippen molar-refractivity contribution >= 4 is 34.2 Å². The van der Waals surface area contributed by atoms with Crippen molar-refractivity contribution < 1.29 is 14.3 Å². The van der Waals surface area contributed by atoms with Crippen LogP contribution in [0.25, 0.3) is 16.7 Å². The molecule has 8 nitrogen and oxygen atoms in total. The van der Waals surface area contributed by atoms with Gasteiger partial charge in [-0.05, 0) is 36.4 Å². The SMILES string of the molecule is COc1ccc2c(c1)C(=O)CC1(CCN(c3ncnc4c3cnn4-c3cccc(Cl)c3)C1)O2. The lowest BCUT2D eigenvalue weighted by Crippen LogP contribution is -2.44. The van der Waals surface area contributed by atoms with Gasteiger partial charge in [-0.25, -0.2) is 14.6 Å². The predicted octanol–water partition coefficient (Wildman–Crippen LogP) is 4.09. The first-order chi connectivity index (χ1) is 16.0. The molecule has 4 aromatic rings. The maximum Gasteiger partial charge on any atom is 0.170 e. The molecule has 0 radical (unpaired) electrons. The molecule has 1 saturated heterocycles. The van der Waals surface area contributed by atoms with Crippen LogP contribution in [0.5, 0.6) is 11.5 Å². The number of hydrogen-bond acceptors (Lipinski definition) is 7. The van der Waals surface area contributed by atoms with Crippen LogP contribution in [0.15, 0.2) is 55.0 Å². The molecule has 0 aliphatic carbocycles. The second-order valence-corrected chi connectivity index (χ2v) is 8.83. The molecular formula is C24H20ClN5O3. The van der Waals surface area contributed by atoms with Gasteiger partial charge < -0.3 is 14.4 Å². The van der Waals surface area contributed by atoms with E-state index in [2.05, 4.69) is 20.0 Å². The van der Waals surface area contributed by atoms with E-state index in [1.54, 1.807) is 30.4 Å². The van der Waals surface area contributed by atoms with Gasteiger partial charge >= 0.3 is 0 Å². The zero-order chi connectivity index (χ0) is 22.6. The number of fused-ring (bicyclic) bond motifs is 2. The van der Waals surface area contributed by atoms with Crippen molar-refractivity contribution in [2.75, 3.05) is 25.1 Å². The van der Waals surface area contributed by atoms with E-state index in [1.165, 1.54) is 0 Å². The molecule has 33 heavy (non-hydrogen) atoms. The van der Waals surface area contributed by atoms with Crippen LogP contribution in [0.2, 0.25) is 5.02 Å². The van der Waals surface area contributed by atoms with Crippen LogP contribution in [-0.4, -0.2) is 51.3 Å². The topological polar surface area (TPSA) is 82.4 Å². The van der Waals surface area contributed by atoms with Gasteiger partial charge in [-0.3, -0.25) is 4.79 Å². The first-order valence-electron chi connectivity index (χ1n) is 10.7. The van der Waals surface area contributed by atoms with Crippen molar-refractivity contribution in [3.8, 4) is 17.2 Å². The minimum Gasteiger partial charge on any atom is -0.497 e. The molecule has 166 valence electrons. The maximum atomic E-state index is 13.0. The molecule has 0 N–H and O–H groups in total. The van der Waals surface area contributed by atoms with Crippen molar-refractivity contribution in [1.82, 2.24) is 19.7 Å². The number of anilines is 1. The van der Waals surface area contributed by atoms with E-state index in [0.29, 0.717) is 47.2 Å². The third kappa shape index (κ3) is 3.29. The number of Topliss-reactive ketones (excluding diaryl/α,β-unsaturated/α-hetero) is 1. The molecule has 6 rings (SSSR count). The maximum absolute atomic E-state index is 13.0. The summed E-state index contributed by atoms with van der Waals surface area (Å²) in [5, 5.41) is 6.00. The highest BCUT2D eigenvalue weighted by Gasteiger charge is 2.46. The summed E-state index contributed by atoms with van der Waals surface area (Å²) in [6.07, 6.45) is 4.35. The largest absolute Gasteiger partial charge is 0.497 e. The highest BCUT2D eigenvalue weighted by Crippen LogP contribution is 2.41. The van der Waals surface area contributed by atoms with Crippen LogP contribution in [0.1, 0.15) is 23.2 Å². The summed E-state index contributed by atoms with van der Waals surface area (Å²) < 4.78 is 13.4. The third-order valence-electron chi connectivity index (χ3n) is 6.31. The van der Waals surface area contributed by atoms with Crippen molar-refractivity contribution in [2.45, 2.75) is 18.4 Å². The third-order valence-corrected chi connectivity index (χ3v) is 6.54. The summed E-state index contributed by atoms with van der Waals surface area (Å²) in [4.78, 5) is 24.1. The van der Waals surface area contributed by atoms with Crippen LogP contribution in [0.4, 0.5) is 5.82 Å². The lowest BCUT2D eigenvalue weighted by molar-refractivity contribution is 0.0537. The zero-order valence-electron chi connectivity index (χ0n) is 17.9. The Morgan fingerprint density at radius 1 is 1.18 bits per heavy atom. The number of nitrogens with zero attached hydrogens (tertiary/aromatic N) is 5. The molecule has 0 saturated carbocycles. The molecule has 9 heteroatoms. The molecule has 1 fully saturated rings. The Kier molecular flexibility index (Phi) is 4.51. The number of ketones is 1. The van der Waals surface area contributed by atoms with Gasteiger partial charge in [0, 0.05) is 18.0 Å². The molecule has 2 aliphatic heterocycles. The fraction of sp³-hybridized carbons (Fsp3) is 0.250. The fourth-order valence-electron chi connectivity index (χ4n) is 4.73. The molecule has 2 aliphatic rings. The van der Waals surface area contributed by atoms with Gasteiger partial charge in [-0.15, -0.1) is 0 Å². The van der Waals surface area contributed by atoms with Gasteiger partial charge in [0.25, 0.3) is 0 Å². The Morgan fingerprint density at radius 2 is 2.09 bits per heavy atom. The van der Waals surface area contributed by atoms with Crippen LogP contribution in [0.3, 0.4) is 0 Å². The standard InChI is InChI=1S/C24H20ClN5O3/c1-32-17-5-6-21-18(10-17)20(31)11-24(33-21)7-8-29(13-24)22-19-12-28-30(23(19)27-14-26-22)16-4-2-3-15(25)9-16/h2-6,9-10,12,14H,7-8,11,13H2,1H3. The van der Waals surface area contributed by atoms with Gasteiger partial charge in [0.2, 0.25) is 0 Å². The molecular weight excluding hydrogens is 442 g/mol. The first-order valence-corrected chi connectivity index (χ1v) is 11.0. The Bertz CT molecular complexity index is 1400. The molecule has 1 unspecified atom stereocenters. The van der Waals surface area contributed by atoms with Gasteiger partial charge in [0.15, 0.2) is 11.4 Å². The van der Waals surface area contributed by atoms with Gasteiger partial charge in [-0.1, -0.05) is 17.7 Å². The fourth-order valence-corrected chi connectivity index (χ4v) is 4.92. The van der Waals surface area contributed by atoms with Crippen LogP contribution in [0, 0.1) is 0 Å². The van der Waals surface area contributed by atoms with E-state index in [-0.39, 0.29) is 5.78 Å². The summed E-state index contributed by atoms with van der Waals surface area (Å²) in [5.41, 5.74) is 1.51. The van der Waals surface area contributed by atoms with E-state index in [9.17, 15) is 4.79 Å². The quantitative estimate of drug-likeness (QED) is 0.454. The summed E-state index contributed by atoms with van der Waals surface area (Å²) in [6.45, 7) is 1.27.